The highest BCUT2D eigenvalue weighted by Crippen LogP contribution is 2.42. The van der Waals surface area contributed by atoms with Crippen LogP contribution in [0.4, 0.5) is 0 Å². The highest BCUT2D eigenvalue weighted by Gasteiger charge is 2.31. The Morgan fingerprint density at radius 1 is 1.14 bits per heavy atom. The highest BCUT2D eigenvalue weighted by molar-refractivity contribution is 7.17. The van der Waals surface area contributed by atoms with E-state index in [0.717, 1.165) is 35.2 Å². The summed E-state index contributed by atoms with van der Waals surface area (Å²) >= 11 is 1.73. The smallest absolute Gasteiger partial charge is 0.252 e. The molecule has 2 aromatic heterocycles. The third kappa shape index (κ3) is 4.49. The number of aromatic nitrogens is 1. The predicted octanol–water partition coefficient (Wildman–Crippen LogP) is 5.44. The minimum absolute atomic E-state index is 0.0429. The van der Waals surface area contributed by atoms with E-state index in [4.69, 9.17) is 14.2 Å². The molecule has 0 spiro atoms. The third-order valence-electron chi connectivity index (χ3n) is 6.51. The predicted molar refractivity (Wildman–Crippen MR) is 136 cm³/mol. The first kappa shape index (κ1) is 22.1. The molecule has 1 unspecified atom stereocenters. The lowest BCUT2D eigenvalue weighted by atomic mass is 10.0. The van der Waals surface area contributed by atoms with Crippen LogP contribution in [0.25, 0.3) is 21.2 Å². The van der Waals surface area contributed by atoms with Crippen molar-refractivity contribution in [2.24, 2.45) is 0 Å². The fourth-order valence-corrected chi connectivity index (χ4v) is 5.72. The second-order valence-corrected chi connectivity index (χ2v) is 9.74. The monoisotopic (exact) mass is 486 g/mol. The van der Waals surface area contributed by atoms with Crippen LogP contribution in [-0.2, 0) is 22.7 Å². The van der Waals surface area contributed by atoms with E-state index in [-0.39, 0.29) is 12.0 Å². The normalized spacial score (nSPS) is 17.6. The molecule has 7 heteroatoms. The summed E-state index contributed by atoms with van der Waals surface area (Å²) in [6.07, 6.45) is 3.12. The number of rotatable bonds is 5. The zero-order valence-corrected chi connectivity index (χ0v) is 20.1. The van der Waals surface area contributed by atoms with Gasteiger partial charge in [0.25, 0.3) is 5.91 Å². The van der Waals surface area contributed by atoms with Gasteiger partial charge >= 0.3 is 0 Å². The molecule has 0 radical (unpaired) electrons. The number of ether oxygens (including phenoxy) is 3. The van der Waals surface area contributed by atoms with Crippen LogP contribution in [-0.4, -0.2) is 41.7 Å². The van der Waals surface area contributed by atoms with Gasteiger partial charge in [-0.05, 0) is 54.1 Å². The molecule has 2 aliphatic heterocycles. The molecule has 1 saturated heterocycles. The van der Waals surface area contributed by atoms with Gasteiger partial charge in [-0.2, -0.15) is 0 Å². The van der Waals surface area contributed by atoms with Crippen molar-refractivity contribution in [2.45, 2.75) is 32.1 Å². The van der Waals surface area contributed by atoms with Crippen molar-refractivity contribution >= 4 is 27.3 Å². The first-order valence-electron chi connectivity index (χ1n) is 12.0. The Kier molecular flexibility index (Phi) is 6.10. The molecule has 1 amide bonds. The van der Waals surface area contributed by atoms with E-state index in [1.807, 2.05) is 29.2 Å². The minimum atomic E-state index is -0.347. The molecule has 0 bridgehead atoms. The zero-order valence-electron chi connectivity index (χ0n) is 19.3. The number of pyridine rings is 1. The molecule has 2 aromatic carbocycles. The standard InChI is InChI=1S/C28H26N2O4S/c31-28(24-8-5-12-32-24)30-11-13-33-27-20(16-30)14-19(23-18-35-26-9-2-1-7-22(23)26)15-25(27)34-17-21-6-3-4-10-29-21/h1-4,6-7,9-10,14-15,18,24H,5,8,11-13,16-17H2. The van der Waals surface area contributed by atoms with Gasteiger partial charge in [-0.15, -0.1) is 11.3 Å². The van der Waals surface area contributed by atoms with Gasteiger partial charge in [-0.3, -0.25) is 9.78 Å². The number of carbonyl (C=O) groups is 1. The lowest BCUT2D eigenvalue weighted by Crippen LogP contribution is -2.39. The van der Waals surface area contributed by atoms with Gasteiger partial charge in [0.15, 0.2) is 11.5 Å². The summed E-state index contributed by atoms with van der Waals surface area (Å²) in [6, 6.07) is 18.4. The van der Waals surface area contributed by atoms with Gasteiger partial charge in [-0.1, -0.05) is 24.3 Å². The highest BCUT2D eigenvalue weighted by atomic mass is 32.1. The number of amides is 1. The molecule has 1 atom stereocenters. The minimum Gasteiger partial charge on any atom is -0.487 e. The average Bonchev–Trinajstić information content (AvgIpc) is 3.54. The maximum atomic E-state index is 13.2. The van der Waals surface area contributed by atoms with Crippen molar-refractivity contribution in [1.29, 1.82) is 0 Å². The Labute approximate surface area is 208 Å². The lowest BCUT2D eigenvalue weighted by Gasteiger charge is -2.23. The summed E-state index contributed by atoms with van der Waals surface area (Å²) in [5.41, 5.74) is 3.98. The topological polar surface area (TPSA) is 60.9 Å². The van der Waals surface area contributed by atoms with Crippen LogP contribution in [0.3, 0.4) is 0 Å². The van der Waals surface area contributed by atoms with Gasteiger partial charge in [0.05, 0.1) is 12.2 Å². The van der Waals surface area contributed by atoms with E-state index in [9.17, 15) is 4.79 Å². The van der Waals surface area contributed by atoms with E-state index in [1.54, 1.807) is 17.5 Å². The molecular weight excluding hydrogens is 460 g/mol. The summed E-state index contributed by atoms with van der Waals surface area (Å²) < 4.78 is 19.4. The molecule has 2 aliphatic rings. The largest absolute Gasteiger partial charge is 0.487 e. The molecule has 1 fully saturated rings. The van der Waals surface area contributed by atoms with Crippen molar-refractivity contribution in [1.82, 2.24) is 9.88 Å². The third-order valence-corrected chi connectivity index (χ3v) is 7.47. The van der Waals surface area contributed by atoms with Crippen molar-refractivity contribution in [2.75, 3.05) is 19.8 Å². The molecule has 6 rings (SSSR count). The molecule has 0 N–H and O–H groups in total. The number of nitrogens with zero attached hydrogens (tertiary/aromatic N) is 2. The second-order valence-electron chi connectivity index (χ2n) is 8.83. The number of hydrogen-bond acceptors (Lipinski definition) is 6. The van der Waals surface area contributed by atoms with Crippen molar-refractivity contribution in [3.05, 3.63) is 77.4 Å². The number of carbonyl (C=O) groups excluding carboxylic acids is 1. The van der Waals surface area contributed by atoms with Crippen LogP contribution < -0.4 is 9.47 Å². The molecular formula is C28H26N2O4S. The zero-order chi connectivity index (χ0) is 23.6. The average molecular weight is 487 g/mol. The number of thiophene rings is 1. The summed E-state index contributed by atoms with van der Waals surface area (Å²) in [6.45, 7) is 2.38. The number of fused-ring (bicyclic) bond motifs is 2. The van der Waals surface area contributed by atoms with Gasteiger partial charge < -0.3 is 19.1 Å². The fraction of sp³-hybridized carbons (Fsp3) is 0.286. The summed E-state index contributed by atoms with van der Waals surface area (Å²) in [5.74, 6) is 1.41. The maximum Gasteiger partial charge on any atom is 0.252 e. The molecule has 35 heavy (non-hydrogen) atoms. The Morgan fingerprint density at radius 3 is 2.91 bits per heavy atom. The van der Waals surface area contributed by atoms with Crippen LogP contribution >= 0.6 is 11.3 Å². The quantitative estimate of drug-likeness (QED) is 0.376. The van der Waals surface area contributed by atoms with Crippen LogP contribution in [0.2, 0.25) is 0 Å². The van der Waals surface area contributed by atoms with Gasteiger partial charge in [0, 0.05) is 40.6 Å². The SMILES string of the molecule is O=C(C1CCCO1)N1CCOc2c(cc(-c3csc4ccccc34)cc2OCc2ccccn2)C1. The molecule has 4 heterocycles. The Bertz CT molecular complexity index is 1350. The van der Waals surface area contributed by atoms with Crippen LogP contribution in [0.1, 0.15) is 24.1 Å². The molecule has 0 aliphatic carbocycles. The Morgan fingerprint density at radius 2 is 2.06 bits per heavy atom. The van der Waals surface area contributed by atoms with Gasteiger partial charge in [-0.25, -0.2) is 0 Å². The van der Waals surface area contributed by atoms with Crippen LogP contribution in [0, 0.1) is 0 Å². The van der Waals surface area contributed by atoms with Gasteiger partial charge in [0.2, 0.25) is 0 Å². The Balaban J connectivity index is 1.39. The van der Waals surface area contributed by atoms with E-state index in [1.165, 1.54) is 10.1 Å². The Hall–Kier alpha value is -3.42. The summed E-state index contributed by atoms with van der Waals surface area (Å²) in [7, 11) is 0. The van der Waals surface area contributed by atoms with E-state index in [0.29, 0.717) is 44.4 Å². The first-order valence-corrected chi connectivity index (χ1v) is 12.8. The van der Waals surface area contributed by atoms with E-state index in [2.05, 4.69) is 40.7 Å². The summed E-state index contributed by atoms with van der Waals surface area (Å²) in [4.78, 5) is 19.4. The first-order chi connectivity index (χ1) is 17.3. The van der Waals surface area contributed by atoms with Crippen molar-refractivity contribution in [3.8, 4) is 22.6 Å². The fourth-order valence-electron chi connectivity index (χ4n) is 4.75. The molecule has 6 nitrogen and oxygen atoms in total. The van der Waals surface area contributed by atoms with Crippen molar-refractivity contribution in [3.63, 3.8) is 0 Å². The van der Waals surface area contributed by atoms with Crippen molar-refractivity contribution < 1.29 is 19.0 Å². The van der Waals surface area contributed by atoms with E-state index < -0.39 is 0 Å². The molecule has 0 saturated carbocycles. The van der Waals surface area contributed by atoms with Crippen LogP contribution in [0.5, 0.6) is 11.5 Å². The molecule has 178 valence electrons. The van der Waals surface area contributed by atoms with Gasteiger partial charge in [0.1, 0.15) is 19.3 Å². The lowest BCUT2D eigenvalue weighted by molar-refractivity contribution is -0.141. The summed E-state index contributed by atoms with van der Waals surface area (Å²) in [5, 5.41) is 3.39. The van der Waals surface area contributed by atoms with E-state index >= 15 is 0 Å². The number of benzene rings is 2. The number of hydrogen-bond donors (Lipinski definition) is 0. The maximum absolute atomic E-state index is 13.2. The second kappa shape index (κ2) is 9.68. The molecule has 4 aromatic rings. The van der Waals surface area contributed by atoms with Crippen LogP contribution in [0.15, 0.2) is 66.2 Å².